The van der Waals surface area contributed by atoms with E-state index in [-0.39, 0.29) is 18.8 Å². The van der Waals surface area contributed by atoms with Crippen LogP contribution in [0.2, 0.25) is 0 Å². The number of ether oxygens (including phenoxy) is 2. The molecule has 0 amide bonds. The number of carbonyl (C=O) groups is 2. The van der Waals surface area contributed by atoms with E-state index in [0.717, 1.165) is 0 Å². The van der Waals surface area contributed by atoms with Gasteiger partial charge in [-0.25, -0.2) is 9.59 Å². The summed E-state index contributed by atoms with van der Waals surface area (Å²) in [6.07, 6.45) is -1.16. The maximum Gasteiger partial charge on any atom is 0.334 e. The Morgan fingerprint density at radius 1 is 1.36 bits per heavy atom. The van der Waals surface area contributed by atoms with Crippen LogP contribution in [0.4, 0.5) is 0 Å². The molecule has 0 rings (SSSR count). The van der Waals surface area contributed by atoms with E-state index in [4.69, 9.17) is 5.11 Å². The van der Waals surface area contributed by atoms with Gasteiger partial charge >= 0.3 is 11.9 Å². The highest BCUT2D eigenvalue weighted by atomic mass is 16.6. The molecule has 14 heavy (non-hydrogen) atoms. The standard InChI is InChI=1S/C9H14O5/c1-6(2)8(11)13-4-5-14-9(12)7(3)10/h7,10H,1,4-5H2,2-3H3. The van der Waals surface area contributed by atoms with Gasteiger partial charge in [-0.3, -0.25) is 0 Å². The molecule has 0 heterocycles. The summed E-state index contributed by atoms with van der Waals surface area (Å²) in [7, 11) is 0. The summed E-state index contributed by atoms with van der Waals surface area (Å²) in [5.41, 5.74) is 0.284. The van der Waals surface area contributed by atoms with Gasteiger partial charge in [0.1, 0.15) is 19.3 Å². The Labute approximate surface area is 82.3 Å². The molecule has 0 spiro atoms. The van der Waals surface area contributed by atoms with E-state index in [1.807, 2.05) is 0 Å². The van der Waals surface area contributed by atoms with Crippen LogP contribution in [0.1, 0.15) is 13.8 Å². The highest BCUT2D eigenvalue weighted by Gasteiger charge is 2.10. The third kappa shape index (κ3) is 5.31. The molecule has 0 saturated carbocycles. The number of esters is 2. The molecule has 0 aliphatic carbocycles. The largest absolute Gasteiger partial charge is 0.460 e. The molecule has 0 radical (unpaired) electrons. The highest BCUT2D eigenvalue weighted by Crippen LogP contribution is 1.92. The maximum absolute atomic E-state index is 10.8. The Bertz CT molecular complexity index is 231. The Hall–Kier alpha value is -1.36. The molecule has 0 aliphatic rings. The molecule has 1 unspecified atom stereocenters. The number of aliphatic hydroxyl groups excluding tert-OH is 1. The third-order valence-electron chi connectivity index (χ3n) is 1.25. The molecule has 1 atom stereocenters. The van der Waals surface area contributed by atoms with Crippen molar-refractivity contribution in [3.63, 3.8) is 0 Å². The normalized spacial score (nSPS) is 11.6. The van der Waals surface area contributed by atoms with Crippen LogP contribution in [0.15, 0.2) is 12.2 Å². The summed E-state index contributed by atoms with van der Waals surface area (Å²) in [5.74, 6) is -1.27. The van der Waals surface area contributed by atoms with E-state index in [9.17, 15) is 9.59 Å². The van der Waals surface area contributed by atoms with Gasteiger partial charge in [-0.2, -0.15) is 0 Å². The van der Waals surface area contributed by atoms with Gasteiger partial charge in [-0.1, -0.05) is 6.58 Å². The third-order valence-corrected chi connectivity index (χ3v) is 1.25. The fourth-order valence-electron chi connectivity index (χ4n) is 0.520. The minimum absolute atomic E-state index is 0.0375. The van der Waals surface area contributed by atoms with Crippen LogP contribution in [0.25, 0.3) is 0 Å². The van der Waals surface area contributed by atoms with Crippen LogP contribution in [0.3, 0.4) is 0 Å². The van der Waals surface area contributed by atoms with Crippen LogP contribution in [-0.4, -0.2) is 36.4 Å². The van der Waals surface area contributed by atoms with Crippen LogP contribution in [0, 0.1) is 0 Å². The second kappa shape index (κ2) is 6.15. The van der Waals surface area contributed by atoms with Crippen LogP contribution >= 0.6 is 0 Å². The summed E-state index contributed by atoms with van der Waals surface area (Å²) < 4.78 is 9.17. The monoisotopic (exact) mass is 202 g/mol. The minimum Gasteiger partial charge on any atom is -0.460 e. The lowest BCUT2D eigenvalue weighted by Crippen LogP contribution is -2.22. The minimum atomic E-state index is -1.16. The molecule has 80 valence electrons. The van der Waals surface area contributed by atoms with E-state index < -0.39 is 18.0 Å². The number of hydrogen-bond donors (Lipinski definition) is 1. The SMILES string of the molecule is C=C(C)C(=O)OCCOC(=O)C(C)O. The van der Waals surface area contributed by atoms with E-state index >= 15 is 0 Å². The molecule has 0 aliphatic heterocycles. The van der Waals surface area contributed by atoms with Crippen molar-refractivity contribution in [2.45, 2.75) is 20.0 Å². The summed E-state index contributed by atoms with van der Waals surface area (Å²) >= 11 is 0. The average molecular weight is 202 g/mol. The molecule has 0 bridgehead atoms. The van der Waals surface area contributed by atoms with E-state index in [0.29, 0.717) is 0 Å². The fourth-order valence-corrected chi connectivity index (χ4v) is 0.520. The Balaban J connectivity index is 3.52. The first-order chi connectivity index (χ1) is 6.45. The highest BCUT2D eigenvalue weighted by molar-refractivity contribution is 5.86. The van der Waals surface area contributed by atoms with E-state index in [1.54, 1.807) is 0 Å². The Morgan fingerprint density at radius 2 is 1.86 bits per heavy atom. The van der Waals surface area contributed by atoms with Gasteiger partial charge in [0.05, 0.1) is 0 Å². The number of rotatable bonds is 5. The van der Waals surface area contributed by atoms with Crippen molar-refractivity contribution in [2.75, 3.05) is 13.2 Å². The van der Waals surface area contributed by atoms with Crippen molar-refractivity contribution < 1.29 is 24.2 Å². The van der Waals surface area contributed by atoms with Gasteiger partial charge in [-0.15, -0.1) is 0 Å². The first kappa shape index (κ1) is 12.6. The van der Waals surface area contributed by atoms with Crippen molar-refractivity contribution in [3.05, 3.63) is 12.2 Å². The Kier molecular flexibility index (Phi) is 5.55. The van der Waals surface area contributed by atoms with Gasteiger partial charge in [0.25, 0.3) is 0 Å². The van der Waals surface area contributed by atoms with Gasteiger partial charge in [-0.05, 0) is 13.8 Å². The summed E-state index contributed by atoms with van der Waals surface area (Å²) in [6.45, 7) is 6.08. The molecule has 1 N–H and O–H groups in total. The van der Waals surface area contributed by atoms with Gasteiger partial charge < -0.3 is 14.6 Å². The molecular weight excluding hydrogens is 188 g/mol. The zero-order valence-electron chi connectivity index (χ0n) is 8.28. The molecule has 0 saturated heterocycles. The van der Waals surface area contributed by atoms with E-state index in [1.165, 1.54) is 13.8 Å². The molecule has 5 heteroatoms. The quantitative estimate of drug-likeness (QED) is 0.387. The predicted octanol–water partition coefficient (Wildman–Crippen LogP) is 0.0297. The number of carbonyl (C=O) groups excluding carboxylic acids is 2. The fraction of sp³-hybridized carbons (Fsp3) is 0.556. The number of hydrogen-bond acceptors (Lipinski definition) is 5. The lowest BCUT2D eigenvalue weighted by atomic mass is 10.4. The predicted molar refractivity (Wildman–Crippen MR) is 48.4 cm³/mol. The molecule has 0 aromatic rings. The van der Waals surface area contributed by atoms with Crippen LogP contribution in [-0.2, 0) is 19.1 Å². The molecule has 0 fully saturated rings. The summed E-state index contributed by atoms with van der Waals surface area (Å²) in [5, 5.41) is 8.72. The zero-order valence-corrected chi connectivity index (χ0v) is 8.28. The van der Waals surface area contributed by atoms with Crippen molar-refractivity contribution in [1.82, 2.24) is 0 Å². The molecule has 5 nitrogen and oxygen atoms in total. The Morgan fingerprint density at radius 3 is 2.29 bits per heavy atom. The zero-order chi connectivity index (χ0) is 11.1. The molecular formula is C9H14O5. The van der Waals surface area contributed by atoms with Gasteiger partial charge in [0.2, 0.25) is 0 Å². The molecule has 0 aromatic heterocycles. The topological polar surface area (TPSA) is 72.8 Å². The average Bonchev–Trinajstić information content (AvgIpc) is 2.11. The van der Waals surface area contributed by atoms with Crippen molar-refractivity contribution >= 4 is 11.9 Å². The number of aliphatic hydroxyl groups is 1. The summed E-state index contributed by atoms with van der Waals surface area (Å²) in [4.78, 5) is 21.5. The van der Waals surface area contributed by atoms with Crippen molar-refractivity contribution in [2.24, 2.45) is 0 Å². The van der Waals surface area contributed by atoms with Crippen LogP contribution in [0.5, 0.6) is 0 Å². The van der Waals surface area contributed by atoms with E-state index in [2.05, 4.69) is 16.1 Å². The second-order valence-electron chi connectivity index (χ2n) is 2.76. The van der Waals surface area contributed by atoms with Gasteiger partial charge in [0, 0.05) is 5.57 Å². The smallest absolute Gasteiger partial charge is 0.334 e. The summed E-state index contributed by atoms with van der Waals surface area (Å²) in [6, 6.07) is 0. The second-order valence-corrected chi connectivity index (χ2v) is 2.76. The van der Waals surface area contributed by atoms with Crippen molar-refractivity contribution in [1.29, 1.82) is 0 Å². The van der Waals surface area contributed by atoms with Gasteiger partial charge in [0.15, 0.2) is 0 Å². The first-order valence-corrected chi connectivity index (χ1v) is 4.12. The maximum atomic E-state index is 10.8. The lowest BCUT2D eigenvalue weighted by Gasteiger charge is -2.07. The lowest BCUT2D eigenvalue weighted by molar-refractivity contribution is -0.156. The van der Waals surface area contributed by atoms with Crippen LogP contribution < -0.4 is 0 Å². The molecule has 0 aromatic carbocycles. The first-order valence-electron chi connectivity index (χ1n) is 4.12. The van der Waals surface area contributed by atoms with Crippen molar-refractivity contribution in [3.8, 4) is 0 Å².